The fourth-order valence-corrected chi connectivity index (χ4v) is 3.06. The molecular formula is C14H19F3N4O4. The molecule has 2 aliphatic rings. The van der Waals surface area contributed by atoms with Crippen molar-refractivity contribution in [3.05, 3.63) is 12.0 Å². The van der Waals surface area contributed by atoms with Gasteiger partial charge in [-0.1, -0.05) is 0 Å². The molecule has 1 aromatic heterocycles. The summed E-state index contributed by atoms with van der Waals surface area (Å²) in [7, 11) is 3.19. The maximum absolute atomic E-state index is 12.8. The number of imidazole rings is 1. The molecule has 1 aromatic rings. The Labute approximate surface area is 141 Å². The van der Waals surface area contributed by atoms with Gasteiger partial charge in [-0.15, -0.1) is 0 Å². The van der Waals surface area contributed by atoms with Crippen molar-refractivity contribution in [2.24, 2.45) is 7.05 Å². The Morgan fingerprint density at radius 1 is 1.44 bits per heavy atom. The molecule has 3 unspecified atom stereocenters. The van der Waals surface area contributed by atoms with Crippen LogP contribution in [0.2, 0.25) is 0 Å². The van der Waals surface area contributed by atoms with Crippen molar-refractivity contribution < 1.29 is 32.9 Å². The van der Waals surface area contributed by atoms with E-state index >= 15 is 0 Å². The summed E-state index contributed by atoms with van der Waals surface area (Å²) in [5.41, 5.74) is -2.60. The third kappa shape index (κ3) is 2.85. The molecule has 1 fully saturated rings. The first-order chi connectivity index (χ1) is 11.5. The summed E-state index contributed by atoms with van der Waals surface area (Å²) in [4.78, 5) is 19.2. The molecule has 140 valence electrons. The number of rotatable bonds is 2. The lowest BCUT2D eigenvalue weighted by molar-refractivity contribution is -0.295. The van der Waals surface area contributed by atoms with E-state index in [1.807, 2.05) is 0 Å². The average Bonchev–Trinajstić information content (AvgIpc) is 2.92. The molecule has 3 heterocycles. The predicted molar refractivity (Wildman–Crippen MR) is 78.6 cm³/mol. The van der Waals surface area contributed by atoms with Gasteiger partial charge in [-0.3, -0.25) is 9.69 Å². The van der Waals surface area contributed by atoms with Crippen LogP contribution in [-0.2, 0) is 11.8 Å². The number of amides is 1. The zero-order valence-electron chi connectivity index (χ0n) is 13.7. The third-order valence-corrected chi connectivity index (χ3v) is 4.71. The van der Waals surface area contributed by atoms with Crippen LogP contribution in [0.4, 0.5) is 19.0 Å². The number of hydrogen-bond acceptors (Lipinski definition) is 6. The lowest BCUT2D eigenvalue weighted by Crippen LogP contribution is -2.59. The molecule has 25 heavy (non-hydrogen) atoms. The zero-order chi connectivity index (χ0) is 18.6. The van der Waals surface area contributed by atoms with E-state index in [-0.39, 0.29) is 18.7 Å². The number of carbonyl (C=O) groups is 1. The van der Waals surface area contributed by atoms with Gasteiger partial charge < -0.3 is 24.4 Å². The average molecular weight is 364 g/mol. The van der Waals surface area contributed by atoms with Crippen LogP contribution < -0.4 is 4.90 Å². The maximum Gasteiger partial charge on any atom is 0.419 e. The second kappa shape index (κ2) is 5.85. The molecule has 3 atom stereocenters. The standard InChI is InChI=1S/C14H19F3N4O4/c1-19-7-18-10-9(19)11(22)21(12(23)20(10)2)5-8-3-4-13(24,6-25-8)14(15,16)17/h7-8,12,23-24H,3-6H2,1-2H3. The van der Waals surface area contributed by atoms with Gasteiger partial charge in [0.25, 0.3) is 5.91 Å². The molecule has 1 amide bonds. The summed E-state index contributed by atoms with van der Waals surface area (Å²) < 4.78 is 45.1. The largest absolute Gasteiger partial charge is 0.419 e. The van der Waals surface area contributed by atoms with Gasteiger partial charge in [0.2, 0.25) is 6.35 Å². The van der Waals surface area contributed by atoms with Gasteiger partial charge in [-0.2, -0.15) is 13.2 Å². The topological polar surface area (TPSA) is 91.1 Å². The number of nitrogens with zero attached hydrogens (tertiary/aromatic N) is 4. The van der Waals surface area contributed by atoms with Gasteiger partial charge in [-0.25, -0.2) is 4.98 Å². The van der Waals surface area contributed by atoms with E-state index in [1.165, 1.54) is 15.8 Å². The van der Waals surface area contributed by atoms with E-state index in [2.05, 4.69) is 4.98 Å². The number of aromatic nitrogens is 2. The van der Waals surface area contributed by atoms with Crippen LogP contribution in [-0.4, -0.2) is 75.0 Å². The van der Waals surface area contributed by atoms with E-state index in [9.17, 15) is 28.2 Å². The highest BCUT2D eigenvalue weighted by Crippen LogP contribution is 2.38. The molecule has 1 saturated heterocycles. The molecular weight excluding hydrogens is 345 g/mol. The highest BCUT2D eigenvalue weighted by atomic mass is 19.4. The molecule has 0 radical (unpaired) electrons. The molecule has 2 aliphatic heterocycles. The Hall–Kier alpha value is -1.85. The normalized spacial score (nSPS) is 30.6. The fraction of sp³-hybridized carbons (Fsp3) is 0.714. The summed E-state index contributed by atoms with van der Waals surface area (Å²) in [6, 6.07) is 0. The Morgan fingerprint density at radius 2 is 2.12 bits per heavy atom. The van der Waals surface area contributed by atoms with Crippen LogP contribution in [0.5, 0.6) is 0 Å². The van der Waals surface area contributed by atoms with Gasteiger partial charge >= 0.3 is 6.18 Å². The number of halogens is 3. The minimum atomic E-state index is -4.78. The monoisotopic (exact) mass is 364 g/mol. The van der Waals surface area contributed by atoms with Crippen LogP contribution in [0.3, 0.4) is 0 Å². The summed E-state index contributed by atoms with van der Waals surface area (Å²) in [5.74, 6) is -0.159. The number of ether oxygens (including phenoxy) is 1. The van der Waals surface area contributed by atoms with Crippen LogP contribution >= 0.6 is 0 Å². The van der Waals surface area contributed by atoms with Crippen LogP contribution in [0, 0.1) is 0 Å². The molecule has 0 aliphatic carbocycles. The van der Waals surface area contributed by atoms with Crippen molar-refractivity contribution in [2.45, 2.75) is 37.1 Å². The Morgan fingerprint density at radius 3 is 2.68 bits per heavy atom. The van der Waals surface area contributed by atoms with Crippen molar-refractivity contribution in [2.75, 3.05) is 25.1 Å². The second-order valence-corrected chi connectivity index (χ2v) is 6.44. The molecule has 11 heteroatoms. The Balaban J connectivity index is 1.72. The second-order valence-electron chi connectivity index (χ2n) is 6.44. The molecule has 0 spiro atoms. The predicted octanol–water partition coefficient (Wildman–Crippen LogP) is 0.0604. The minimum absolute atomic E-state index is 0.0888. The highest BCUT2D eigenvalue weighted by molar-refractivity contribution is 5.99. The lowest BCUT2D eigenvalue weighted by Gasteiger charge is -2.42. The molecule has 0 aromatic carbocycles. The van der Waals surface area contributed by atoms with Gasteiger partial charge in [-0.05, 0) is 12.8 Å². The summed E-state index contributed by atoms with van der Waals surface area (Å²) in [6.45, 7) is -0.991. The Kier molecular flexibility index (Phi) is 4.20. The molecule has 2 N–H and O–H groups in total. The smallest absolute Gasteiger partial charge is 0.379 e. The van der Waals surface area contributed by atoms with E-state index in [4.69, 9.17) is 4.74 Å². The minimum Gasteiger partial charge on any atom is -0.379 e. The molecule has 3 rings (SSSR count). The van der Waals surface area contributed by atoms with Gasteiger partial charge in [0, 0.05) is 14.1 Å². The van der Waals surface area contributed by atoms with Gasteiger partial charge in [0.1, 0.15) is 0 Å². The van der Waals surface area contributed by atoms with Crippen LogP contribution in [0.15, 0.2) is 6.33 Å². The fourth-order valence-electron chi connectivity index (χ4n) is 3.06. The van der Waals surface area contributed by atoms with E-state index in [0.29, 0.717) is 5.82 Å². The van der Waals surface area contributed by atoms with Crippen LogP contribution in [0.25, 0.3) is 0 Å². The first-order valence-corrected chi connectivity index (χ1v) is 7.69. The van der Waals surface area contributed by atoms with Crippen molar-refractivity contribution >= 4 is 11.7 Å². The van der Waals surface area contributed by atoms with Crippen LogP contribution in [0.1, 0.15) is 23.3 Å². The summed E-state index contributed by atoms with van der Waals surface area (Å²) in [5, 5.41) is 19.9. The zero-order valence-corrected chi connectivity index (χ0v) is 13.7. The number of anilines is 1. The number of carbonyl (C=O) groups excluding carboxylic acids is 1. The first kappa shape index (κ1) is 18.0. The summed E-state index contributed by atoms with van der Waals surface area (Å²) in [6.07, 6.45) is -5.97. The number of alkyl halides is 3. The number of aliphatic hydroxyl groups is 2. The number of aliphatic hydroxyl groups excluding tert-OH is 1. The lowest BCUT2D eigenvalue weighted by atomic mass is 9.93. The number of hydrogen-bond donors (Lipinski definition) is 2. The number of fused-ring (bicyclic) bond motifs is 1. The maximum atomic E-state index is 12.8. The third-order valence-electron chi connectivity index (χ3n) is 4.71. The van der Waals surface area contributed by atoms with E-state index < -0.39 is 43.2 Å². The first-order valence-electron chi connectivity index (χ1n) is 7.69. The van der Waals surface area contributed by atoms with Crippen molar-refractivity contribution in [1.29, 1.82) is 0 Å². The quantitative estimate of drug-likeness (QED) is 0.771. The molecule has 8 nitrogen and oxygen atoms in total. The molecule has 0 saturated carbocycles. The van der Waals surface area contributed by atoms with E-state index in [1.54, 1.807) is 14.1 Å². The van der Waals surface area contributed by atoms with Gasteiger partial charge in [0.05, 0.1) is 25.6 Å². The summed E-state index contributed by atoms with van der Waals surface area (Å²) >= 11 is 0. The van der Waals surface area contributed by atoms with Gasteiger partial charge in [0.15, 0.2) is 17.1 Å². The van der Waals surface area contributed by atoms with Crippen molar-refractivity contribution in [3.63, 3.8) is 0 Å². The van der Waals surface area contributed by atoms with E-state index in [0.717, 1.165) is 4.90 Å². The Bertz CT molecular complexity index is 670. The SMILES string of the molecule is CN1c2ncn(C)c2C(=O)N(CC2CCC(O)(C(F)(F)F)CO2)C1O. The molecule has 0 bridgehead atoms. The number of aryl methyl sites for hydroxylation is 1. The van der Waals surface area contributed by atoms with Crippen molar-refractivity contribution in [3.8, 4) is 0 Å². The van der Waals surface area contributed by atoms with Crippen molar-refractivity contribution in [1.82, 2.24) is 14.5 Å². The highest BCUT2D eigenvalue weighted by Gasteiger charge is 2.56.